The summed E-state index contributed by atoms with van der Waals surface area (Å²) < 4.78 is 0. The van der Waals surface area contributed by atoms with Crippen LogP contribution in [0.2, 0.25) is 0 Å². The molecule has 0 fully saturated rings. The van der Waals surface area contributed by atoms with Crippen LogP contribution in [0.5, 0.6) is 0 Å². The van der Waals surface area contributed by atoms with Gasteiger partial charge < -0.3 is 16.2 Å². The predicted molar refractivity (Wildman–Crippen MR) is 101 cm³/mol. The lowest BCUT2D eigenvalue weighted by atomic mass is 10.0. The van der Waals surface area contributed by atoms with Gasteiger partial charge in [0.1, 0.15) is 6.04 Å². The second-order valence-electron chi connectivity index (χ2n) is 6.26. The first-order valence-corrected chi connectivity index (χ1v) is 8.43. The lowest BCUT2D eigenvalue weighted by Crippen LogP contribution is -2.50. The number of hydrogen-bond acceptors (Lipinski definition) is 7. The number of nitro benzene ring substituents is 2. The van der Waals surface area contributed by atoms with Gasteiger partial charge in [-0.05, 0) is 17.5 Å². The van der Waals surface area contributed by atoms with Crippen molar-refractivity contribution in [3.63, 3.8) is 0 Å². The average Bonchev–Trinajstić information content (AvgIpc) is 2.68. The van der Waals surface area contributed by atoms with E-state index in [1.54, 1.807) is 0 Å². The van der Waals surface area contributed by atoms with Crippen LogP contribution in [0.25, 0.3) is 0 Å². The van der Waals surface area contributed by atoms with E-state index in [4.69, 9.17) is 5.73 Å². The van der Waals surface area contributed by atoms with Crippen LogP contribution in [-0.4, -0.2) is 38.9 Å². The summed E-state index contributed by atoms with van der Waals surface area (Å²) in [6.07, 6.45) is -0.0168. The van der Waals surface area contributed by atoms with Crippen molar-refractivity contribution in [3.8, 4) is 0 Å². The molecule has 4 N–H and O–H groups in total. The number of nitrogens with one attached hydrogen (secondary N) is 1. The molecule has 0 bridgehead atoms. The van der Waals surface area contributed by atoms with Gasteiger partial charge in [-0.25, -0.2) is 4.79 Å². The van der Waals surface area contributed by atoms with Crippen molar-refractivity contribution in [2.75, 3.05) is 0 Å². The third-order valence-corrected chi connectivity index (χ3v) is 4.14. The first-order chi connectivity index (χ1) is 13.7. The van der Waals surface area contributed by atoms with Crippen molar-refractivity contribution >= 4 is 23.3 Å². The number of nitro groups is 2. The maximum absolute atomic E-state index is 12.3. The van der Waals surface area contributed by atoms with Crippen molar-refractivity contribution in [2.45, 2.75) is 24.9 Å². The number of carboxylic acid groups (broad SMARTS) is 1. The fourth-order valence-corrected chi connectivity index (χ4v) is 2.57. The van der Waals surface area contributed by atoms with Gasteiger partial charge in [0.05, 0.1) is 15.9 Å². The number of non-ortho nitro benzene ring substituents is 2. The van der Waals surface area contributed by atoms with E-state index in [-0.39, 0.29) is 24.2 Å². The maximum Gasteiger partial charge on any atom is 0.326 e. The van der Waals surface area contributed by atoms with Gasteiger partial charge in [-0.3, -0.25) is 25.0 Å². The van der Waals surface area contributed by atoms with E-state index in [0.717, 1.165) is 0 Å². The molecule has 29 heavy (non-hydrogen) atoms. The van der Waals surface area contributed by atoms with Gasteiger partial charge in [-0.1, -0.05) is 24.3 Å². The standard InChI is InChI=1S/C18H18N4O7/c19-15(9-11-1-5-13(6-2-11)21(26)27)17(23)20-16(18(24)25)10-12-3-7-14(8-4-12)22(28)29/h1-8,15-16H,9-10,19H2,(H,20,23)(H,24,25). The zero-order chi connectivity index (χ0) is 21.6. The molecule has 11 heteroatoms. The molecule has 0 saturated carbocycles. The molecule has 0 radical (unpaired) electrons. The van der Waals surface area contributed by atoms with E-state index in [1.165, 1.54) is 48.5 Å². The minimum Gasteiger partial charge on any atom is -0.480 e. The van der Waals surface area contributed by atoms with Gasteiger partial charge in [0.25, 0.3) is 11.4 Å². The van der Waals surface area contributed by atoms with E-state index in [2.05, 4.69) is 5.32 Å². The molecule has 0 spiro atoms. The molecule has 1 amide bonds. The topological polar surface area (TPSA) is 179 Å². The van der Waals surface area contributed by atoms with E-state index >= 15 is 0 Å². The summed E-state index contributed by atoms with van der Waals surface area (Å²) in [6, 6.07) is 8.50. The second-order valence-corrected chi connectivity index (χ2v) is 6.26. The Labute approximate surface area is 164 Å². The number of carbonyl (C=O) groups is 2. The molecule has 152 valence electrons. The summed E-state index contributed by atoms with van der Waals surface area (Å²) in [4.78, 5) is 44.0. The molecule has 2 aromatic rings. The minimum atomic E-state index is -1.28. The van der Waals surface area contributed by atoms with Crippen LogP contribution < -0.4 is 11.1 Å². The normalized spacial score (nSPS) is 12.6. The molecule has 0 aliphatic heterocycles. The summed E-state index contributed by atoms with van der Waals surface area (Å²) in [6.45, 7) is 0. The van der Waals surface area contributed by atoms with E-state index in [1.807, 2.05) is 0 Å². The van der Waals surface area contributed by atoms with Crippen molar-refractivity contribution in [1.29, 1.82) is 0 Å². The van der Waals surface area contributed by atoms with Crippen LogP contribution in [-0.2, 0) is 22.4 Å². The third kappa shape index (κ3) is 6.07. The number of carboxylic acids is 1. The van der Waals surface area contributed by atoms with E-state index < -0.39 is 33.8 Å². The zero-order valence-corrected chi connectivity index (χ0v) is 15.1. The average molecular weight is 402 g/mol. The number of carbonyl (C=O) groups excluding carboxylic acids is 1. The molecule has 2 rings (SSSR count). The number of aliphatic carboxylic acids is 1. The van der Waals surface area contributed by atoms with Crippen LogP contribution in [0.3, 0.4) is 0 Å². The van der Waals surface area contributed by atoms with Crippen molar-refractivity contribution in [3.05, 3.63) is 79.9 Å². The van der Waals surface area contributed by atoms with Crippen LogP contribution in [0.15, 0.2) is 48.5 Å². The largest absolute Gasteiger partial charge is 0.480 e. The Hall–Kier alpha value is -3.86. The molecule has 0 aliphatic carbocycles. The third-order valence-electron chi connectivity index (χ3n) is 4.14. The van der Waals surface area contributed by atoms with Gasteiger partial charge in [-0.15, -0.1) is 0 Å². The molecular formula is C18H18N4O7. The number of nitrogens with two attached hydrogens (primary N) is 1. The van der Waals surface area contributed by atoms with Gasteiger partial charge in [-0.2, -0.15) is 0 Å². The molecule has 11 nitrogen and oxygen atoms in total. The number of benzene rings is 2. The highest BCUT2D eigenvalue weighted by molar-refractivity contribution is 5.87. The summed E-state index contributed by atoms with van der Waals surface area (Å²) in [5.74, 6) is -1.98. The fourth-order valence-electron chi connectivity index (χ4n) is 2.57. The zero-order valence-electron chi connectivity index (χ0n) is 15.1. The summed E-state index contributed by atoms with van der Waals surface area (Å²) in [5, 5.41) is 33.0. The van der Waals surface area contributed by atoms with Crippen molar-refractivity contribution in [2.24, 2.45) is 5.73 Å². The first-order valence-electron chi connectivity index (χ1n) is 8.43. The molecule has 0 aliphatic rings. The van der Waals surface area contributed by atoms with E-state index in [0.29, 0.717) is 11.1 Å². The summed E-state index contributed by atoms with van der Waals surface area (Å²) in [7, 11) is 0. The summed E-state index contributed by atoms with van der Waals surface area (Å²) >= 11 is 0. The number of rotatable bonds is 9. The Bertz CT molecular complexity index is 913. The van der Waals surface area contributed by atoms with Crippen molar-refractivity contribution < 1.29 is 24.5 Å². The van der Waals surface area contributed by atoms with Gasteiger partial charge in [0, 0.05) is 30.7 Å². The summed E-state index contributed by atoms with van der Waals surface area (Å²) in [5.41, 5.74) is 6.68. The van der Waals surface area contributed by atoms with Crippen LogP contribution in [0.1, 0.15) is 11.1 Å². The Morgan fingerprint density at radius 2 is 1.31 bits per heavy atom. The molecule has 0 heterocycles. The second kappa shape index (κ2) is 9.37. The number of hydrogen-bond donors (Lipinski definition) is 3. The highest BCUT2D eigenvalue weighted by atomic mass is 16.6. The fraction of sp³-hybridized carbons (Fsp3) is 0.222. The first kappa shape index (κ1) is 21.4. The minimum absolute atomic E-state index is 0.0632. The molecule has 0 saturated heterocycles. The van der Waals surface area contributed by atoms with Crippen LogP contribution >= 0.6 is 0 Å². The van der Waals surface area contributed by atoms with Crippen LogP contribution in [0.4, 0.5) is 11.4 Å². The van der Waals surface area contributed by atoms with E-state index in [9.17, 15) is 34.9 Å². The van der Waals surface area contributed by atoms with Gasteiger partial charge in [0.2, 0.25) is 5.91 Å². The predicted octanol–water partition coefficient (Wildman–Crippen LogP) is 1.18. The Morgan fingerprint density at radius 1 is 0.897 bits per heavy atom. The highest BCUT2D eigenvalue weighted by Crippen LogP contribution is 2.14. The van der Waals surface area contributed by atoms with Crippen molar-refractivity contribution in [1.82, 2.24) is 5.32 Å². The lowest BCUT2D eigenvalue weighted by Gasteiger charge is -2.18. The maximum atomic E-state index is 12.3. The molecular weight excluding hydrogens is 384 g/mol. The number of amides is 1. The lowest BCUT2D eigenvalue weighted by molar-refractivity contribution is -0.385. The van der Waals surface area contributed by atoms with Gasteiger partial charge in [0.15, 0.2) is 0 Å². The van der Waals surface area contributed by atoms with Crippen LogP contribution in [0, 0.1) is 20.2 Å². The highest BCUT2D eigenvalue weighted by Gasteiger charge is 2.24. The molecule has 2 aromatic carbocycles. The smallest absolute Gasteiger partial charge is 0.326 e. The monoisotopic (exact) mass is 402 g/mol. The number of nitrogens with zero attached hydrogens (tertiary/aromatic N) is 2. The Kier molecular flexibility index (Phi) is 6.93. The Morgan fingerprint density at radius 3 is 1.69 bits per heavy atom. The molecule has 2 atom stereocenters. The molecule has 0 aromatic heterocycles. The van der Waals surface area contributed by atoms with Gasteiger partial charge >= 0.3 is 5.97 Å². The molecule has 2 unspecified atom stereocenters. The quantitative estimate of drug-likeness (QED) is 0.413. The Balaban J connectivity index is 1.99. The SMILES string of the molecule is NC(Cc1ccc([N+](=O)[O-])cc1)C(=O)NC(Cc1ccc([N+](=O)[O-])cc1)C(=O)O.